The third-order valence-corrected chi connectivity index (χ3v) is 7.29. The third-order valence-electron chi connectivity index (χ3n) is 6.49. The Morgan fingerprint density at radius 2 is 1.42 bits per heavy atom. The lowest BCUT2D eigenvalue weighted by Crippen LogP contribution is -2.63. The van der Waals surface area contributed by atoms with Gasteiger partial charge < -0.3 is 15.5 Å². The van der Waals surface area contributed by atoms with Crippen molar-refractivity contribution >= 4 is 40.7 Å². The van der Waals surface area contributed by atoms with Gasteiger partial charge in [0.15, 0.2) is 0 Å². The lowest BCUT2D eigenvalue weighted by molar-refractivity contribution is -0.133. The molecule has 0 aliphatic carbocycles. The van der Waals surface area contributed by atoms with E-state index in [2.05, 4.69) is 10.6 Å². The number of hydrogen-bond acceptors (Lipinski definition) is 3. The number of carbonyl (C=O) groups excluding carboxylic acids is 2. The van der Waals surface area contributed by atoms with Crippen LogP contribution in [0.4, 0.5) is 5.69 Å². The summed E-state index contributed by atoms with van der Waals surface area (Å²) in [5.74, 6) is -0.542. The highest BCUT2D eigenvalue weighted by molar-refractivity contribution is 6.44. The standard InChI is InChI=1S/C26H23Cl2N3O2/c27-19-11-12-20-22(23(19)28)24(32)30-26(29-20)13-15-31(16-14-26)25(33)21(17-7-3-1-4-8-17)18-9-5-2-6-10-18/h1-12,21,29H,13-16H2,(H,30,32). The van der Waals surface area contributed by atoms with Gasteiger partial charge >= 0.3 is 0 Å². The number of likely N-dealkylation sites (tertiary alicyclic amines) is 1. The molecule has 1 spiro atoms. The van der Waals surface area contributed by atoms with E-state index in [1.54, 1.807) is 12.1 Å². The molecule has 2 aliphatic heterocycles. The predicted molar refractivity (Wildman–Crippen MR) is 131 cm³/mol. The number of halogens is 2. The zero-order chi connectivity index (χ0) is 23.0. The molecule has 3 aromatic rings. The molecule has 3 aromatic carbocycles. The number of benzene rings is 3. The fourth-order valence-electron chi connectivity index (χ4n) is 4.76. The van der Waals surface area contributed by atoms with Crippen LogP contribution in [0.5, 0.6) is 0 Å². The highest BCUT2D eigenvalue weighted by atomic mass is 35.5. The largest absolute Gasteiger partial charge is 0.362 e. The van der Waals surface area contributed by atoms with Crippen LogP contribution in [0.1, 0.15) is 40.2 Å². The second-order valence-electron chi connectivity index (χ2n) is 8.52. The van der Waals surface area contributed by atoms with Crippen LogP contribution in [0.25, 0.3) is 0 Å². The van der Waals surface area contributed by atoms with Gasteiger partial charge in [0, 0.05) is 25.9 Å². The van der Waals surface area contributed by atoms with Crippen molar-refractivity contribution in [2.45, 2.75) is 24.4 Å². The maximum Gasteiger partial charge on any atom is 0.256 e. The Kier molecular flexibility index (Phi) is 5.77. The Morgan fingerprint density at radius 1 is 0.848 bits per heavy atom. The lowest BCUT2D eigenvalue weighted by Gasteiger charge is -2.46. The molecule has 5 rings (SSSR count). The first kappa shape index (κ1) is 21.8. The molecular weight excluding hydrogens is 457 g/mol. The van der Waals surface area contributed by atoms with Crippen molar-refractivity contribution in [3.63, 3.8) is 0 Å². The number of anilines is 1. The number of rotatable bonds is 3. The van der Waals surface area contributed by atoms with Gasteiger partial charge in [-0.15, -0.1) is 0 Å². The molecule has 0 radical (unpaired) electrons. The van der Waals surface area contributed by atoms with Gasteiger partial charge in [-0.3, -0.25) is 9.59 Å². The number of piperidine rings is 1. The molecule has 1 saturated heterocycles. The summed E-state index contributed by atoms with van der Waals surface area (Å²) < 4.78 is 0. The number of hydrogen-bond donors (Lipinski definition) is 2. The summed E-state index contributed by atoms with van der Waals surface area (Å²) in [6, 6.07) is 23.2. The average Bonchev–Trinajstić information content (AvgIpc) is 2.83. The molecule has 2 N–H and O–H groups in total. The Bertz CT molecular complexity index is 1150. The van der Waals surface area contributed by atoms with Crippen LogP contribution in [-0.2, 0) is 4.79 Å². The Balaban J connectivity index is 1.36. The molecule has 0 aromatic heterocycles. The van der Waals surface area contributed by atoms with E-state index in [9.17, 15) is 9.59 Å². The molecule has 2 amide bonds. The zero-order valence-corrected chi connectivity index (χ0v) is 19.4. The lowest BCUT2D eigenvalue weighted by atomic mass is 9.87. The number of nitrogens with one attached hydrogen (secondary N) is 2. The van der Waals surface area contributed by atoms with E-state index in [0.717, 1.165) is 11.1 Å². The van der Waals surface area contributed by atoms with Crippen LogP contribution in [0.3, 0.4) is 0 Å². The molecule has 0 unspecified atom stereocenters. The van der Waals surface area contributed by atoms with Crippen molar-refractivity contribution in [1.82, 2.24) is 10.2 Å². The molecule has 0 atom stereocenters. The Labute approximate surface area is 202 Å². The first-order valence-electron chi connectivity index (χ1n) is 10.9. The van der Waals surface area contributed by atoms with Gasteiger partial charge in [0.1, 0.15) is 5.66 Å². The van der Waals surface area contributed by atoms with Crippen LogP contribution in [0, 0.1) is 0 Å². The van der Waals surface area contributed by atoms with Gasteiger partial charge in [0.25, 0.3) is 5.91 Å². The maximum absolute atomic E-state index is 13.7. The Morgan fingerprint density at radius 3 is 2.00 bits per heavy atom. The van der Waals surface area contributed by atoms with E-state index in [0.29, 0.717) is 42.2 Å². The van der Waals surface area contributed by atoms with Gasteiger partial charge in [0.2, 0.25) is 5.91 Å². The van der Waals surface area contributed by atoms with E-state index in [-0.39, 0.29) is 22.8 Å². The molecule has 0 saturated carbocycles. The van der Waals surface area contributed by atoms with Crippen molar-refractivity contribution in [2.75, 3.05) is 18.4 Å². The van der Waals surface area contributed by atoms with E-state index >= 15 is 0 Å². The molecule has 2 aliphatic rings. The summed E-state index contributed by atoms with van der Waals surface area (Å²) in [5.41, 5.74) is 2.35. The normalized spacial score (nSPS) is 16.8. The average molecular weight is 480 g/mol. The van der Waals surface area contributed by atoms with Crippen LogP contribution in [-0.4, -0.2) is 35.5 Å². The second-order valence-corrected chi connectivity index (χ2v) is 9.31. The van der Waals surface area contributed by atoms with E-state index < -0.39 is 5.66 Å². The van der Waals surface area contributed by atoms with Gasteiger partial charge in [-0.2, -0.15) is 0 Å². The van der Waals surface area contributed by atoms with Crippen LogP contribution >= 0.6 is 23.2 Å². The molecule has 33 heavy (non-hydrogen) atoms. The quantitative estimate of drug-likeness (QED) is 0.535. The molecule has 5 nitrogen and oxygen atoms in total. The van der Waals surface area contributed by atoms with Crippen molar-refractivity contribution in [3.05, 3.63) is 99.5 Å². The van der Waals surface area contributed by atoms with Crippen LogP contribution in [0.15, 0.2) is 72.8 Å². The molecule has 1 fully saturated rings. The summed E-state index contributed by atoms with van der Waals surface area (Å²) >= 11 is 12.4. The summed E-state index contributed by atoms with van der Waals surface area (Å²) in [6.45, 7) is 1.05. The zero-order valence-electron chi connectivity index (χ0n) is 17.9. The first-order valence-corrected chi connectivity index (χ1v) is 11.7. The monoisotopic (exact) mass is 479 g/mol. The first-order chi connectivity index (χ1) is 16.0. The van der Waals surface area contributed by atoms with Crippen molar-refractivity contribution < 1.29 is 9.59 Å². The number of nitrogens with zero attached hydrogens (tertiary/aromatic N) is 1. The highest BCUT2D eigenvalue weighted by Gasteiger charge is 2.43. The topological polar surface area (TPSA) is 61.4 Å². The molecule has 0 bridgehead atoms. The van der Waals surface area contributed by atoms with Crippen LogP contribution < -0.4 is 10.6 Å². The summed E-state index contributed by atoms with van der Waals surface area (Å²) in [4.78, 5) is 28.4. The van der Waals surface area contributed by atoms with Crippen molar-refractivity contribution in [2.24, 2.45) is 0 Å². The highest BCUT2D eigenvalue weighted by Crippen LogP contribution is 2.38. The van der Waals surface area contributed by atoms with Gasteiger partial charge in [-0.05, 0) is 23.3 Å². The minimum absolute atomic E-state index is 0.0691. The molecule has 2 heterocycles. The second kappa shape index (κ2) is 8.73. The molecular formula is C26H23Cl2N3O2. The summed E-state index contributed by atoms with van der Waals surface area (Å²) in [5, 5.41) is 7.12. The Hall–Kier alpha value is -3.02. The summed E-state index contributed by atoms with van der Waals surface area (Å²) in [6.07, 6.45) is 1.17. The number of fused-ring (bicyclic) bond motifs is 1. The van der Waals surface area contributed by atoms with E-state index in [4.69, 9.17) is 23.2 Å². The minimum Gasteiger partial charge on any atom is -0.362 e. The fourth-order valence-corrected chi connectivity index (χ4v) is 5.16. The van der Waals surface area contributed by atoms with Gasteiger partial charge in [0.05, 0.1) is 27.2 Å². The maximum atomic E-state index is 13.7. The van der Waals surface area contributed by atoms with Crippen molar-refractivity contribution in [1.29, 1.82) is 0 Å². The van der Waals surface area contributed by atoms with Crippen molar-refractivity contribution in [3.8, 4) is 0 Å². The van der Waals surface area contributed by atoms with E-state index in [1.807, 2.05) is 65.6 Å². The SMILES string of the molecule is O=C1NC2(CCN(C(=O)C(c3ccccc3)c3ccccc3)CC2)Nc2ccc(Cl)c(Cl)c21. The number of carbonyl (C=O) groups is 2. The molecule has 168 valence electrons. The van der Waals surface area contributed by atoms with E-state index in [1.165, 1.54) is 0 Å². The minimum atomic E-state index is -0.618. The van der Waals surface area contributed by atoms with Gasteiger partial charge in [-0.1, -0.05) is 83.9 Å². The van der Waals surface area contributed by atoms with Crippen LogP contribution in [0.2, 0.25) is 10.0 Å². The number of amides is 2. The molecule has 7 heteroatoms. The van der Waals surface area contributed by atoms with Gasteiger partial charge in [-0.25, -0.2) is 0 Å². The third kappa shape index (κ3) is 4.07. The predicted octanol–water partition coefficient (Wildman–Crippen LogP) is 5.30. The summed E-state index contributed by atoms with van der Waals surface area (Å²) in [7, 11) is 0. The fraction of sp³-hybridized carbons (Fsp3) is 0.231. The smallest absolute Gasteiger partial charge is 0.256 e.